The number of aliphatic carboxylic acids is 1. The number of ether oxygens (including phenoxy) is 1. The lowest BCUT2D eigenvalue weighted by atomic mass is 9.77. The van der Waals surface area contributed by atoms with E-state index in [2.05, 4.69) is 24.4 Å². The van der Waals surface area contributed by atoms with Crippen LogP contribution < -0.4 is 5.32 Å². The maximum absolute atomic E-state index is 12.2. The molecule has 2 bridgehead atoms. The molecule has 6 heteroatoms. The molecule has 0 aliphatic carbocycles. The standard InChI is InChI=1S/C23H37NO5/c1-2-3-6-9-17(25)12-15-22(26)24-16-19-18(20-13-14-21(19)29-20)10-7-4-5-8-11-23(27)28/h4,7,18-21H,2-3,5-6,8-16H2,1H3,(H,24,26)(H,27,28)/b7-4-/t18-,19+,20-,21+/m1/s1. The van der Waals surface area contributed by atoms with Crippen molar-refractivity contribution in [3.8, 4) is 0 Å². The minimum Gasteiger partial charge on any atom is -0.481 e. The largest absolute Gasteiger partial charge is 0.481 e. The van der Waals surface area contributed by atoms with Gasteiger partial charge in [0, 0.05) is 38.1 Å². The number of amides is 1. The highest BCUT2D eigenvalue weighted by Crippen LogP contribution is 2.44. The van der Waals surface area contributed by atoms with E-state index in [4.69, 9.17) is 9.84 Å². The number of nitrogens with one attached hydrogen (secondary N) is 1. The van der Waals surface area contributed by atoms with Crippen LogP contribution in [-0.4, -0.2) is 41.5 Å². The van der Waals surface area contributed by atoms with Crippen LogP contribution in [0.2, 0.25) is 0 Å². The van der Waals surface area contributed by atoms with Crippen LogP contribution in [0.3, 0.4) is 0 Å². The van der Waals surface area contributed by atoms with Crippen LogP contribution in [0, 0.1) is 11.8 Å². The molecule has 0 aromatic carbocycles. The van der Waals surface area contributed by atoms with E-state index < -0.39 is 5.97 Å². The summed E-state index contributed by atoms with van der Waals surface area (Å²) in [4.78, 5) is 34.5. The third-order valence-corrected chi connectivity index (χ3v) is 6.15. The lowest BCUT2D eigenvalue weighted by Gasteiger charge is -2.27. The van der Waals surface area contributed by atoms with Crippen LogP contribution in [0.15, 0.2) is 12.2 Å². The zero-order valence-electron chi connectivity index (χ0n) is 17.7. The fourth-order valence-electron chi connectivity index (χ4n) is 4.49. The molecule has 29 heavy (non-hydrogen) atoms. The van der Waals surface area contributed by atoms with Crippen LogP contribution in [-0.2, 0) is 19.1 Å². The van der Waals surface area contributed by atoms with Gasteiger partial charge in [0.05, 0.1) is 12.2 Å². The molecule has 2 N–H and O–H groups in total. The van der Waals surface area contributed by atoms with Crippen LogP contribution in [0.1, 0.15) is 84.0 Å². The predicted octanol–water partition coefficient (Wildman–Crippen LogP) is 4.03. The molecule has 2 saturated heterocycles. The lowest BCUT2D eigenvalue weighted by molar-refractivity contribution is -0.137. The average Bonchev–Trinajstić information content (AvgIpc) is 3.29. The van der Waals surface area contributed by atoms with E-state index in [1.165, 1.54) is 0 Å². The van der Waals surface area contributed by atoms with E-state index in [9.17, 15) is 14.4 Å². The zero-order valence-corrected chi connectivity index (χ0v) is 17.7. The molecule has 0 radical (unpaired) electrons. The first kappa shape index (κ1) is 23.6. The quantitative estimate of drug-likeness (QED) is 0.316. The van der Waals surface area contributed by atoms with Gasteiger partial charge >= 0.3 is 5.97 Å². The Bertz CT molecular complexity index is 574. The zero-order chi connectivity index (χ0) is 21.1. The molecule has 0 aromatic heterocycles. The number of ketones is 1. The molecule has 2 aliphatic rings. The molecule has 0 saturated carbocycles. The fraction of sp³-hybridized carbons (Fsp3) is 0.783. The minimum atomic E-state index is -0.752. The smallest absolute Gasteiger partial charge is 0.303 e. The first-order chi connectivity index (χ1) is 14.0. The third kappa shape index (κ3) is 8.29. The molecular weight excluding hydrogens is 370 g/mol. The minimum absolute atomic E-state index is 0.0421. The van der Waals surface area contributed by atoms with Crippen molar-refractivity contribution in [3.05, 3.63) is 12.2 Å². The summed E-state index contributed by atoms with van der Waals surface area (Å²) in [5.41, 5.74) is 0. The fourth-order valence-corrected chi connectivity index (χ4v) is 4.49. The summed E-state index contributed by atoms with van der Waals surface area (Å²) >= 11 is 0. The second-order valence-corrected chi connectivity index (χ2v) is 8.41. The van der Waals surface area contributed by atoms with Gasteiger partial charge in [0.15, 0.2) is 0 Å². The average molecular weight is 408 g/mol. The summed E-state index contributed by atoms with van der Waals surface area (Å²) in [5.74, 6) is 0.114. The van der Waals surface area contributed by atoms with Crippen molar-refractivity contribution in [1.29, 1.82) is 0 Å². The van der Waals surface area contributed by atoms with Gasteiger partial charge in [-0.1, -0.05) is 31.9 Å². The molecule has 2 heterocycles. The maximum Gasteiger partial charge on any atom is 0.303 e. The van der Waals surface area contributed by atoms with E-state index >= 15 is 0 Å². The molecule has 164 valence electrons. The predicted molar refractivity (Wildman–Crippen MR) is 112 cm³/mol. The molecule has 6 nitrogen and oxygen atoms in total. The Kier molecular flexibility index (Phi) is 10.4. The summed E-state index contributed by atoms with van der Waals surface area (Å²) in [5, 5.41) is 11.7. The summed E-state index contributed by atoms with van der Waals surface area (Å²) in [6.07, 6.45) is 13.7. The number of Topliss-reactive ketones (excluding diaryl/α,β-unsaturated/α-hetero) is 1. The topological polar surface area (TPSA) is 92.7 Å². The van der Waals surface area contributed by atoms with Crippen molar-refractivity contribution >= 4 is 17.7 Å². The van der Waals surface area contributed by atoms with Gasteiger partial charge in [0.25, 0.3) is 0 Å². The Morgan fingerprint density at radius 2 is 1.72 bits per heavy atom. The van der Waals surface area contributed by atoms with Gasteiger partial charge in [0.2, 0.25) is 5.91 Å². The number of carbonyl (C=O) groups is 3. The van der Waals surface area contributed by atoms with Crippen molar-refractivity contribution in [1.82, 2.24) is 5.32 Å². The number of unbranched alkanes of at least 4 members (excludes halogenated alkanes) is 3. The van der Waals surface area contributed by atoms with Crippen molar-refractivity contribution in [2.45, 2.75) is 96.2 Å². The second kappa shape index (κ2) is 12.8. The Hall–Kier alpha value is -1.69. The van der Waals surface area contributed by atoms with Crippen LogP contribution in [0.4, 0.5) is 0 Å². The van der Waals surface area contributed by atoms with E-state index in [1.54, 1.807) is 0 Å². The van der Waals surface area contributed by atoms with Gasteiger partial charge < -0.3 is 15.2 Å². The van der Waals surface area contributed by atoms with E-state index in [0.717, 1.165) is 44.9 Å². The Balaban J connectivity index is 1.68. The summed E-state index contributed by atoms with van der Waals surface area (Å²) in [6.45, 7) is 2.72. The Morgan fingerprint density at radius 3 is 2.45 bits per heavy atom. The SMILES string of the molecule is CCCCCC(=O)CCC(=O)NC[C@H]1[C@@H](C/C=C\CCCC(=O)O)[C@H]2CC[C@@H]1O2. The molecule has 2 aliphatic heterocycles. The number of hydrogen-bond acceptors (Lipinski definition) is 4. The van der Waals surface area contributed by atoms with Crippen molar-refractivity contribution in [3.63, 3.8) is 0 Å². The molecular formula is C23H37NO5. The highest BCUT2D eigenvalue weighted by atomic mass is 16.5. The highest BCUT2D eigenvalue weighted by molar-refractivity contribution is 5.84. The van der Waals surface area contributed by atoms with Gasteiger partial charge in [0.1, 0.15) is 5.78 Å². The molecule has 2 rings (SSSR count). The van der Waals surface area contributed by atoms with Gasteiger partial charge in [-0.25, -0.2) is 0 Å². The lowest BCUT2D eigenvalue weighted by Crippen LogP contribution is -2.38. The van der Waals surface area contributed by atoms with E-state index in [-0.39, 0.29) is 36.7 Å². The second-order valence-electron chi connectivity index (χ2n) is 8.41. The third-order valence-electron chi connectivity index (χ3n) is 6.15. The molecule has 2 fully saturated rings. The number of fused-ring (bicyclic) bond motifs is 2. The van der Waals surface area contributed by atoms with Crippen molar-refractivity contribution in [2.24, 2.45) is 11.8 Å². The number of carbonyl (C=O) groups excluding carboxylic acids is 2. The number of carboxylic acids is 1. The van der Waals surface area contributed by atoms with Crippen molar-refractivity contribution in [2.75, 3.05) is 6.54 Å². The van der Waals surface area contributed by atoms with Crippen LogP contribution >= 0.6 is 0 Å². The molecule has 0 unspecified atom stereocenters. The van der Waals surface area contributed by atoms with Crippen LogP contribution in [0.25, 0.3) is 0 Å². The monoisotopic (exact) mass is 407 g/mol. The highest BCUT2D eigenvalue weighted by Gasteiger charge is 2.47. The number of rotatable bonds is 15. The molecule has 0 aromatic rings. The summed E-state index contributed by atoms with van der Waals surface area (Å²) < 4.78 is 6.08. The van der Waals surface area contributed by atoms with Gasteiger partial charge in [-0.3, -0.25) is 14.4 Å². The molecule has 4 atom stereocenters. The normalized spacial score (nSPS) is 25.6. The van der Waals surface area contributed by atoms with Gasteiger partial charge in [-0.2, -0.15) is 0 Å². The van der Waals surface area contributed by atoms with E-state index in [0.29, 0.717) is 37.6 Å². The molecule has 1 amide bonds. The Morgan fingerprint density at radius 1 is 0.966 bits per heavy atom. The number of allylic oxidation sites excluding steroid dienone is 2. The van der Waals surface area contributed by atoms with Crippen molar-refractivity contribution < 1.29 is 24.2 Å². The summed E-state index contributed by atoms with van der Waals surface area (Å²) in [6, 6.07) is 0. The first-order valence-corrected chi connectivity index (χ1v) is 11.3. The first-order valence-electron chi connectivity index (χ1n) is 11.3. The Labute approximate surface area is 174 Å². The maximum atomic E-state index is 12.2. The molecule has 0 spiro atoms. The number of hydrogen-bond donors (Lipinski definition) is 2. The van der Waals surface area contributed by atoms with Crippen LogP contribution in [0.5, 0.6) is 0 Å². The number of carboxylic acid groups (broad SMARTS) is 1. The van der Waals surface area contributed by atoms with Gasteiger partial charge in [-0.15, -0.1) is 0 Å². The van der Waals surface area contributed by atoms with E-state index in [1.807, 2.05) is 0 Å². The van der Waals surface area contributed by atoms with Gasteiger partial charge in [-0.05, 0) is 44.4 Å². The summed E-state index contributed by atoms with van der Waals surface area (Å²) in [7, 11) is 0.